The van der Waals surface area contributed by atoms with E-state index in [1.165, 1.54) is 66.0 Å². The lowest BCUT2D eigenvalue weighted by molar-refractivity contribution is 1.27. The van der Waals surface area contributed by atoms with Crippen molar-refractivity contribution in [3.8, 4) is 0 Å². The van der Waals surface area contributed by atoms with Crippen LogP contribution >= 0.6 is 19.3 Å². The number of hydrogen-bond acceptors (Lipinski definition) is 0. The third kappa shape index (κ3) is 4.96. The first-order chi connectivity index (χ1) is 17.1. The average Bonchev–Trinajstić information content (AvgIpc) is 2.87. The van der Waals surface area contributed by atoms with E-state index in [9.17, 15) is 0 Å². The van der Waals surface area contributed by atoms with Crippen molar-refractivity contribution in [1.82, 2.24) is 0 Å². The van der Waals surface area contributed by atoms with Gasteiger partial charge in [-0.05, 0) is 88.3 Å². The Labute approximate surface area is 225 Å². The van der Waals surface area contributed by atoms with Gasteiger partial charge >= 0.3 is 0 Å². The largest absolute Gasteiger partial charge is 0.262 e. The van der Waals surface area contributed by atoms with Gasteiger partial charge in [0.05, 0.1) is 0 Å². The van der Waals surface area contributed by atoms with Gasteiger partial charge in [-0.25, -0.2) is 0 Å². The molecule has 0 spiro atoms. The Morgan fingerprint density at radius 2 is 0.833 bits per heavy atom. The summed E-state index contributed by atoms with van der Waals surface area (Å²) in [6.45, 7) is 18.0. The van der Waals surface area contributed by atoms with Crippen molar-refractivity contribution in [1.29, 1.82) is 0 Å². The Kier molecular flexibility index (Phi) is 8.18. The predicted molar refractivity (Wildman–Crippen MR) is 166 cm³/mol. The second-order valence-corrected chi connectivity index (χ2v) is 13.0. The molecule has 4 heteroatoms. The van der Waals surface area contributed by atoms with E-state index in [2.05, 4.69) is 128 Å². The van der Waals surface area contributed by atoms with Gasteiger partial charge in [-0.15, -0.1) is 0 Å². The lowest BCUT2D eigenvalue weighted by atomic mass is 9.28. The van der Waals surface area contributed by atoms with Crippen LogP contribution in [0.4, 0.5) is 0 Å². The summed E-state index contributed by atoms with van der Waals surface area (Å²) in [6, 6.07) is 26.6. The third-order valence-electron chi connectivity index (χ3n) is 8.04. The van der Waals surface area contributed by atoms with Gasteiger partial charge in [-0.3, -0.25) is 0 Å². The van der Waals surface area contributed by atoms with E-state index in [4.69, 9.17) is 11.5 Å². The van der Waals surface area contributed by atoms with E-state index in [0.717, 1.165) is 0 Å². The highest BCUT2D eigenvalue weighted by molar-refractivity contribution is 8.12. The first kappa shape index (κ1) is 26.8. The van der Waals surface area contributed by atoms with Crippen LogP contribution < -0.4 is 21.5 Å². The van der Waals surface area contributed by atoms with Crippen molar-refractivity contribution in [2.24, 2.45) is 0 Å². The molecule has 4 aromatic carbocycles. The van der Waals surface area contributed by atoms with E-state index in [-0.39, 0.29) is 12.3 Å². The summed E-state index contributed by atoms with van der Waals surface area (Å²) >= 11 is 7.82. The Hall–Kier alpha value is -2.27. The first-order valence-electron chi connectivity index (χ1n) is 12.8. The summed E-state index contributed by atoms with van der Waals surface area (Å²) in [5.41, 5.74) is 13.4. The molecule has 0 heterocycles. The maximum atomic E-state index is 7.82. The van der Waals surface area contributed by atoms with Crippen molar-refractivity contribution in [2.75, 3.05) is 0 Å². The van der Waals surface area contributed by atoms with Crippen LogP contribution in [0.5, 0.6) is 0 Å². The lowest BCUT2D eigenvalue weighted by Crippen LogP contribution is -2.55. The highest BCUT2D eigenvalue weighted by atomic mass is 35.5. The smallest absolute Gasteiger partial charge is 0.198 e. The van der Waals surface area contributed by atoms with Crippen molar-refractivity contribution in [2.45, 2.75) is 55.4 Å². The molecule has 0 nitrogen and oxygen atoms in total. The molecule has 4 aromatic rings. The molecule has 0 aliphatic rings. The van der Waals surface area contributed by atoms with Crippen molar-refractivity contribution in [3.05, 3.63) is 117 Å². The molecule has 0 atom stereocenters. The van der Waals surface area contributed by atoms with Gasteiger partial charge in [0.15, 0.2) is 0 Å². The van der Waals surface area contributed by atoms with Crippen LogP contribution in [0.3, 0.4) is 0 Å². The Morgan fingerprint density at radius 3 is 1.19 bits per heavy atom. The molecule has 0 fully saturated rings. The van der Waals surface area contributed by atoms with E-state index in [1.807, 2.05) is 0 Å². The number of halogens is 1. The van der Waals surface area contributed by atoms with E-state index in [0.29, 0.717) is 0 Å². The van der Waals surface area contributed by atoms with Crippen LogP contribution in [-0.2, 0) is 0 Å². The average molecular weight is 509 g/mol. The molecular weight excluding hydrogens is 472 g/mol. The van der Waals surface area contributed by atoms with Crippen LogP contribution in [0.25, 0.3) is 0 Å². The minimum Gasteiger partial charge on any atom is -0.198 e. The van der Waals surface area contributed by atoms with E-state index in [1.54, 1.807) is 0 Å². The van der Waals surface area contributed by atoms with Crippen molar-refractivity contribution in [3.63, 3.8) is 0 Å². The monoisotopic (exact) mass is 508 g/mol. The molecule has 0 amide bonds. The quantitative estimate of drug-likeness (QED) is 0.201. The van der Waals surface area contributed by atoms with Gasteiger partial charge in [0.2, 0.25) is 6.32 Å². The number of aryl methyl sites for hydroxylation is 4. The van der Waals surface area contributed by atoms with Crippen LogP contribution in [-0.4, -0.2) is 12.3 Å². The van der Waals surface area contributed by atoms with E-state index >= 15 is 0 Å². The fourth-order valence-corrected chi connectivity index (χ4v) is 9.34. The van der Waals surface area contributed by atoms with Crippen LogP contribution in [0.15, 0.2) is 72.8 Å². The standard InChI is InChI=1S/C32H36B2ClP/c1-21-19-22(2)26(6)31(25(21)5)33(35)34(32-27(7)23(3)20-24(4)28(32)8)36(29-15-11-9-12-16-29)30-17-13-10-14-18-30/h9-20H,1-8H3. The minimum atomic E-state index is -0.787. The van der Waals surface area contributed by atoms with E-state index < -0.39 is 7.80 Å². The predicted octanol–water partition coefficient (Wildman–Crippen LogP) is 6.70. The second kappa shape index (κ2) is 11.0. The topological polar surface area (TPSA) is 0 Å². The van der Waals surface area contributed by atoms with Crippen molar-refractivity contribution >= 4 is 53.1 Å². The third-order valence-corrected chi connectivity index (χ3v) is 11.5. The molecule has 0 radical (unpaired) electrons. The molecular formula is C32H36B2ClP. The Morgan fingerprint density at radius 1 is 0.500 bits per heavy atom. The number of rotatable bonds is 6. The molecule has 0 unspecified atom stereocenters. The zero-order valence-corrected chi connectivity index (χ0v) is 24.6. The number of hydrogen-bond donors (Lipinski definition) is 0. The summed E-state index contributed by atoms with van der Waals surface area (Å²) < 4.78 is 0. The molecule has 0 saturated carbocycles. The maximum absolute atomic E-state index is 7.82. The summed E-state index contributed by atoms with van der Waals surface area (Å²) in [4.78, 5) is 0. The molecule has 0 N–H and O–H groups in total. The second-order valence-electron chi connectivity index (χ2n) is 10.2. The van der Waals surface area contributed by atoms with Crippen LogP contribution in [0.1, 0.15) is 44.5 Å². The SMILES string of the molecule is Cc1cc(C)c(C)c(B(Cl)B(c2c(C)c(C)cc(C)c2C)P(c2ccccc2)c2ccccc2)c1C. The first-order valence-corrected chi connectivity index (χ1v) is 14.7. The van der Waals surface area contributed by atoms with Gasteiger partial charge < -0.3 is 0 Å². The zero-order valence-electron chi connectivity index (χ0n) is 22.9. The minimum absolute atomic E-state index is 0.128. The van der Waals surface area contributed by atoms with Crippen molar-refractivity contribution < 1.29 is 0 Å². The lowest BCUT2D eigenvalue weighted by Gasteiger charge is -2.33. The van der Waals surface area contributed by atoms with Gasteiger partial charge in [-0.2, -0.15) is 11.5 Å². The van der Waals surface area contributed by atoms with Gasteiger partial charge in [0.25, 0.3) is 6.02 Å². The molecule has 0 aliphatic carbocycles. The van der Waals surface area contributed by atoms with Gasteiger partial charge in [-0.1, -0.05) is 114 Å². The highest BCUT2D eigenvalue weighted by Crippen LogP contribution is 2.40. The molecule has 0 bridgehead atoms. The van der Waals surface area contributed by atoms with Crippen LogP contribution in [0, 0.1) is 55.4 Å². The van der Waals surface area contributed by atoms with Gasteiger partial charge in [0.1, 0.15) is 0 Å². The van der Waals surface area contributed by atoms with Gasteiger partial charge in [0, 0.05) is 0 Å². The fourth-order valence-electron chi connectivity index (χ4n) is 5.56. The Bertz CT molecular complexity index is 1290. The summed E-state index contributed by atoms with van der Waals surface area (Å²) in [5, 5.41) is 2.74. The normalized spacial score (nSPS) is 11.2. The number of benzene rings is 4. The summed E-state index contributed by atoms with van der Waals surface area (Å²) in [7, 11) is -0.787. The molecule has 36 heavy (non-hydrogen) atoms. The highest BCUT2D eigenvalue weighted by Gasteiger charge is 2.42. The molecule has 0 saturated heterocycles. The van der Waals surface area contributed by atoms with Crippen LogP contribution in [0.2, 0.25) is 0 Å². The fraction of sp³-hybridized carbons (Fsp3) is 0.250. The Balaban J connectivity index is 2.10. The molecule has 0 aliphatic heterocycles. The molecule has 0 aromatic heterocycles. The maximum Gasteiger partial charge on any atom is 0.262 e. The molecule has 4 rings (SSSR count). The zero-order chi connectivity index (χ0) is 26.1. The molecule has 182 valence electrons. The summed E-state index contributed by atoms with van der Waals surface area (Å²) in [5.74, 6) is 0. The summed E-state index contributed by atoms with van der Waals surface area (Å²) in [6.07, 6.45) is 0.128.